The number of aryl methyl sites for hydroxylation is 2. The van der Waals surface area contributed by atoms with Crippen LogP contribution < -0.4 is 5.32 Å². The molecule has 0 radical (unpaired) electrons. The van der Waals surface area contributed by atoms with E-state index in [-0.39, 0.29) is 5.91 Å². The maximum absolute atomic E-state index is 13.0. The van der Waals surface area contributed by atoms with Gasteiger partial charge in [-0.2, -0.15) is 10.2 Å². The molecule has 0 bridgehead atoms. The second-order valence-corrected chi connectivity index (χ2v) is 7.74. The average molecular weight is 414 g/mol. The monoisotopic (exact) mass is 413 g/mol. The molecule has 31 heavy (non-hydrogen) atoms. The molecule has 4 aromatic rings. The van der Waals surface area contributed by atoms with Crippen LogP contribution in [-0.2, 0) is 19.5 Å². The number of rotatable bonds is 7. The third-order valence-corrected chi connectivity index (χ3v) is 5.32. The Morgan fingerprint density at radius 2 is 1.68 bits per heavy atom. The molecule has 0 aliphatic heterocycles. The van der Waals surface area contributed by atoms with Gasteiger partial charge in [-0.3, -0.25) is 14.2 Å². The molecule has 1 amide bonds. The van der Waals surface area contributed by atoms with Gasteiger partial charge in [-0.25, -0.2) is 0 Å². The maximum Gasteiger partial charge on any atom is 0.259 e. The molecule has 0 unspecified atom stereocenters. The van der Waals surface area contributed by atoms with E-state index in [2.05, 4.69) is 33.7 Å². The fraction of sp³-hybridized carbons (Fsp3) is 0.240. The third kappa shape index (κ3) is 4.74. The first-order valence-electron chi connectivity index (χ1n) is 10.5. The number of aromatic nitrogens is 4. The zero-order valence-electron chi connectivity index (χ0n) is 18.2. The number of hydrogen-bond donors (Lipinski definition) is 1. The fourth-order valence-corrected chi connectivity index (χ4v) is 3.82. The third-order valence-electron chi connectivity index (χ3n) is 5.32. The van der Waals surface area contributed by atoms with Gasteiger partial charge in [0.2, 0.25) is 0 Å². The topological polar surface area (TPSA) is 64.7 Å². The Labute approximate surface area is 182 Å². The molecule has 0 aliphatic rings. The summed E-state index contributed by atoms with van der Waals surface area (Å²) in [6.45, 7) is 7.40. The lowest BCUT2D eigenvalue weighted by Gasteiger charge is -2.10. The summed E-state index contributed by atoms with van der Waals surface area (Å²) >= 11 is 0. The highest BCUT2D eigenvalue weighted by molar-refractivity contribution is 6.05. The minimum atomic E-state index is -0.139. The molecule has 2 heterocycles. The average Bonchev–Trinajstić information content (AvgIpc) is 3.30. The number of carbonyl (C=O) groups is 1. The largest absolute Gasteiger partial charge is 0.322 e. The molecule has 6 heteroatoms. The summed E-state index contributed by atoms with van der Waals surface area (Å²) in [7, 11) is 0. The molecule has 1 N–H and O–H groups in total. The van der Waals surface area contributed by atoms with Crippen molar-refractivity contribution in [2.45, 2.75) is 40.3 Å². The van der Waals surface area contributed by atoms with Crippen molar-refractivity contribution in [1.29, 1.82) is 0 Å². The molecule has 6 nitrogen and oxygen atoms in total. The fourth-order valence-electron chi connectivity index (χ4n) is 3.82. The van der Waals surface area contributed by atoms with E-state index < -0.39 is 0 Å². The van der Waals surface area contributed by atoms with Gasteiger partial charge < -0.3 is 5.32 Å². The Bertz CT molecular complexity index is 1190. The number of amides is 1. The highest BCUT2D eigenvalue weighted by Crippen LogP contribution is 2.17. The molecule has 4 rings (SSSR count). The van der Waals surface area contributed by atoms with Crippen LogP contribution in [0.3, 0.4) is 0 Å². The number of anilines is 1. The van der Waals surface area contributed by atoms with Gasteiger partial charge in [0.15, 0.2) is 0 Å². The van der Waals surface area contributed by atoms with E-state index >= 15 is 0 Å². The predicted octanol–water partition coefficient (Wildman–Crippen LogP) is 4.61. The zero-order chi connectivity index (χ0) is 21.8. The highest BCUT2D eigenvalue weighted by Gasteiger charge is 2.17. The Balaban J connectivity index is 1.50. The van der Waals surface area contributed by atoms with Gasteiger partial charge >= 0.3 is 0 Å². The highest BCUT2D eigenvalue weighted by atomic mass is 16.1. The molecule has 2 aromatic heterocycles. The molecule has 0 spiro atoms. The van der Waals surface area contributed by atoms with Crippen LogP contribution in [-0.4, -0.2) is 25.5 Å². The molecule has 0 saturated heterocycles. The van der Waals surface area contributed by atoms with E-state index in [1.807, 2.05) is 72.6 Å². The van der Waals surface area contributed by atoms with Gasteiger partial charge in [0.05, 0.1) is 36.2 Å². The maximum atomic E-state index is 13.0. The van der Waals surface area contributed by atoms with Crippen molar-refractivity contribution in [3.8, 4) is 0 Å². The first-order valence-corrected chi connectivity index (χ1v) is 10.5. The van der Waals surface area contributed by atoms with E-state index in [4.69, 9.17) is 0 Å². The molecule has 0 aliphatic carbocycles. The van der Waals surface area contributed by atoms with Crippen LogP contribution in [0, 0.1) is 13.8 Å². The summed E-state index contributed by atoms with van der Waals surface area (Å²) in [5.41, 5.74) is 6.67. The van der Waals surface area contributed by atoms with Gasteiger partial charge in [-0.15, -0.1) is 0 Å². The number of nitrogens with zero attached hydrogens (tertiary/aromatic N) is 4. The summed E-state index contributed by atoms with van der Waals surface area (Å²) in [5, 5.41) is 12.0. The van der Waals surface area contributed by atoms with Gasteiger partial charge in [-0.1, -0.05) is 49.4 Å². The van der Waals surface area contributed by atoms with E-state index in [1.165, 1.54) is 0 Å². The van der Waals surface area contributed by atoms with Crippen LogP contribution in [0.25, 0.3) is 0 Å². The minimum Gasteiger partial charge on any atom is -0.322 e. The summed E-state index contributed by atoms with van der Waals surface area (Å²) in [5.74, 6) is -0.139. The Morgan fingerprint density at radius 3 is 2.39 bits per heavy atom. The number of benzene rings is 2. The van der Waals surface area contributed by atoms with E-state index in [0.717, 1.165) is 40.3 Å². The number of nitrogens with one attached hydrogen (secondary N) is 1. The van der Waals surface area contributed by atoms with Gasteiger partial charge in [0.1, 0.15) is 0 Å². The van der Waals surface area contributed by atoms with Crippen LogP contribution in [0.1, 0.15) is 45.5 Å². The lowest BCUT2D eigenvalue weighted by molar-refractivity contribution is 0.102. The van der Waals surface area contributed by atoms with E-state index in [9.17, 15) is 4.79 Å². The molecule has 0 saturated carbocycles. The zero-order valence-corrected chi connectivity index (χ0v) is 18.2. The van der Waals surface area contributed by atoms with Crippen LogP contribution in [0.2, 0.25) is 0 Å². The van der Waals surface area contributed by atoms with Crippen molar-refractivity contribution >= 4 is 11.6 Å². The first-order chi connectivity index (χ1) is 15.0. The molecular formula is C25H27N5O. The van der Waals surface area contributed by atoms with Crippen molar-refractivity contribution in [3.05, 3.63) is 101 Å². The second kappa shape index (κ2) is 9.00. The lowest BCUT2D eigenvalue weighted by Crippen LogP contribution is -2.15. The molecule has 0 fully saturated rings. The van der Waals surface area contributed by atoms with Crippen LogP contribution >= 0.6 is 0 Å². The summed E-state index contributed by atoms with van der Waals surface area (Å²) in [4.78, 5) is 13.0. The molecular weight excluding hydrogens is 386 g/mol. The quantitative estimate of drug-likeness (QED) is 0.481. The standard InChI is InChI=1S/C25H27N5O/c1-4-24-23(15-26-30(24)16-20-9-6-5-7-10-20)25(31)27-22-12-8-11-21(14-22)17-29-19(3)13-18(2)28-29/h5-15H,4,16-17H2,1-3H3,(H,27,31). The number of hydrogen-bond acceptors (Lipinski definition) is 3. The van der Waals surface area contributed by atoms with Crippen molar-refractivity contribution < 1.29 is 4.79 Å². The van der Waals surface area contributed by atoms with Crippen molar-refractivity contribution in [3.63, 3.8) is 0 Å². The van der Waals surface area contributed by atoms with Crippen molar-refractivity contribution in [2.75, 3.05) is 5.32 Å². The van der Waals surface area contributed by atoms with E-state index in [0.29, 0.717) is 18.7 Å². The predicted molar refractivity (Wildman–Crippen MR) is 122 cm³/mol. The molecule has 0 atom stereocenters. The lowest BCUT2D eigenvalue weighted by atomic mass is 10.1. The molecule has 2 aromatic carbocycles. The summed E-state index contributed by atoms with van der Waals surface area (Å²) in [6.07, 6.45) is 2.39. The van der Waals surface area contributed by atoms with Gasteiger partial charge in [0, 0.05) is 11.4 Å². The Hall–Kier alpha value is -3.67. The SMILES string of the molecule is CCc1c(C(=O)Nc2cccc(Cn3nc(C)cc3C)c2)cnn1Cc1ccccc1. The minimum absolute atomic E-state index is 0.139. The smallest absolute Gasteiger partial charge is 0.259 e. The van der Waals surface area contributed by atoms with E-state index in [1.54, 1.807) is 6.20 Å². The van der Waals surface area contributed by atoms with Gasteiger partial charge in [-0.05, 0) is 49.6 Å². The van der Waals surface area contributed by atoms with Gasteiger partial charge in [0.25, 0.3) is 5.91 Å². The Kier molecular flexibility index (Phi) is 5.98. The summed E-state index contributed by atoms with van der Waals surface area (Å²) in [6, 6.07) is 20.1. The normalized spacial score (nSPS) is 10.9. The van der Waals surface area contributed by atoms with Crippen molar-refractivity contribution in [2.24, 2.45) is 0 Å². The number of carbonyl (C=O) groups excluding carboxylic acids is 1. The van der Waals surface area contributed by atoms with Crippen LogP contribution in [0.5, 0.6) is 0 Å². The van der Waals surface area contributed by atoms with Crippen molar-refractivity contribution in [1.82, 2.24) is 19.6 Å². The second-order valence-electron chi connectivity index (χ2n) is 7.74. The van der Waals surface area contributed by atoms with Crippen LogP contribution in [0.4, 0.5) is 5.69 Å². The Morgan fingerprint density at radius 1 is 0.935 bits per heavy atom. The first kappa shape index (κ1) is 20.6. The summed E-state index contributed by atoms with van der Waals surface area (Å²) < 4.78 is 3.88. The van der Waals surface area contributed by atoms with Crippen LogP contribution in [0.15, 0.2) is 66.9 Å². The molecule has 158 valence electrons.